The molecule has 1 aromatic rings. The predicted molar refractivity (Wildman–Crippen MR) is 70.0 cm³/mol. The molecule has 6 heteroatoms. The lowest BCUT2D eigenvalue weighted by molar-refractivity contribution is -0.141. The molecule has 6 nitrogen and oxygen atoms in total. The standard InChI is InChI=1S/C13H20N2O4/c1-9(2)15-6-4-5-10(15)12(18)14-8-13(3,19)7-11(16)17/h4-6,9,19H,7-8H2,1-3H3,(H,14,18)(H,16,17). The molecule has 1 amide bonds. The molecule has 0 fully saturated rings. The second kappa shape index (κ2) is 5.88. The van der Waals surface area contributed by atoms with Crippen LogP contribution in [0.25, 0.3) is 0 Å². The van der Waals surface area contributed by atoms with Gasteiger partial charge in [0.1, 0.15) is 5.69 Å². The summed E-state index contributed by atoms with van der Waals surface area (Å²) in [6.07, 6.45) is 1.38. The molecule has 1 unspecified atom stereocenters. The number of carbonyl (C=O) groups is 2. The summed E-state index contributed by atoms with van der Waals surface area (Å²) in [5.41, 5.74) is -0.974. The minimum absolute atomic E-state index is 0.110. The molecule has 0 saturated heterocycles. The molecular formula is C13H20N2O4. The first-order valence-electron chi connectivity index (χ1n) is 6.12. The zero-order valence-electron chi connectivity index (χ0n) is 11.4. The molecule has 1 atom stereocenters. The number of aliphatic carboxylic acids is 1. The van der Waals surface area contributed by atoms with Gasteiger partial charge in [-0.05, 0) is 32.9 Å². The van der Waals surface area contributed by atoms with Crippen molar-refractivity contribution in [3.05, 3.63) is 24.0 Å². The van der Waals surface area contributed by atoms with E-state index < -0.39 is 18.0 Å². The highest BCUT2D eigenvalue weighted by Gasteiger charge is 2.25. The van der Waals surface area contributed by atoms with E-state index in [9.17, 15) is 14.7 Å². The monoisotopic (exact) mass is 268 g/mol. The average Bonchev–Trinajstić information content (AvgIpc) is 2.73. The van der Waals surface area contributed by atoms with Gasteiger partial charge in [0.15, 0.2) is 0 Å². The Morgan fingerprint density at radius 3 is 2.63 bits per heavy atom. The van der Waals surface area contributed by atoms with E-state index in [4.69, 9.17) is 5.11 Å². The summed E-state index contributed by atoms with van der Waals surface area (Å²) in [6.45, 7) is 5.18. The van der Waals surface area contributed by atoms with Crippen molar-refractivity contribution in [2.45, 2.75) is 38.8 Å². The van der Waals surface area contributed by atoms with Crippen molar-refractivity contribution in [2.75, 3.05) is 6.54 Å². The van der Waals surface area contributed by atoms with E-state index in [0.717, 1.165) is 0 Å². The van der Waals surface area contributed by atoms with Crippen LogP contribution >= 0.6 is 0 Å². The molecule has 1 heterocycles. The number of nitrogens with zero attached hydrogens (tertiary/aromatic N) is 1. The first kappa shape index (κ1) is 15.2. The maximum Gasteiger partial charge on any atom is 0.306 e. The van der Waals surface area contributed by atoms with Gasteiger partial charge in [-0.3, -0.25) is 9.59 Å². The molecule has 19 heavy (non-hydrogen) atoms. The number of nitrogens with one attached hydrogen (secondary N) is 1. The topological polar surface area (TPSA) is 91.6 Å². The third kappa shape index (κ3) is 4.40. The SMILES string of the molecule is CC(C)n1cccc1C(=O)NCC(C)(O)CC(=O)O. The van der Waals surface area contributed by atoms with Gasteiger partial charge in [0.25, 0.3) is 5.91 Å². The van der Waals surface area contributed by atoms with Crippen LogP contribution in [0.15, 0.2) is 18.3 Å². The number of hydrogen-bond donors (Lipinski definition) is 3. The fourth-order valence-corrected chi connectivity index (χ4v) is 1.79. The largest absolute Gasteiger partial charge is 0.481 e. The lowest BCUT2D eigenvalue weighted by Gasteiger charge is -2.22. The van der Waals surface area contributed by atoms with E-state index >= 15 is 0 Å². The summed E-state index contributed by atoms with van der Waals surface area (Å²) in [7, 11) is 0. The Labute approximate surface area is 112 Å². The number of carboxylic acid groups (broad SMARTS) is 1. The van der Waals surface area contributed by atoms with Gasteiger partial charge in [0.2, 0.25) is 0 Å². The van der Waals surface area contributed by atoms with Crippen LogP contribution in [0.3, 0.4) is 0 Å². The van der Waals surface area contributed by atoms with Crippen LogP contribution in [-0.4, -0.2) is 38.8 Å². The minimum Gasteiger partial charge on any atom is -0.481 e. The van der Waals surface area contributed by atoms with Gasteiger partial charge in [-0.25, -0.2) is 0 Å². The second-order valence-electron chi connectivity index (χ2n) is 5.14. The Kier molecular flexibility index (Phi) is 4.72. The van der Waals surface area contributed by atoms with Crippen molar-refractivity contribution in [3.8, 4) is 0 Å². The van der Waals surface area contributed by atoms with Gasteiger partial charge in [-0.2, -0.15) is 0 Å². The number of carbonyl (C=O) groups excluding carboxylic acids is 1. The summed E-state index contributed by atoms with van der Waals surface area (Å²) in [6, 6.07) is 3.60. The van der Waals surface area contributed by atoms with Crippen molar-refractivity contribution in [1.82, 2.24) is 9.88 Å². The molecule has 0 bridgehead atoms. The zero-order chi connectivity index (χ0) is 14.6. The molecule has 1 rings (SSSR count). The number of amides is 1. The minimum atomic E-state index is -1.46. The molecule has 0 aromatic carbocycles. The molecular weight excluding hydrogens is 248 g/mol. The summed E-state index contributed by atoms with van der Waals surface area (Å²) < 4.78 is 1.81. The zero-order valence-corrected chi connectivity index (χ0v) is 11.4. The molecule has 0 radical (unpaired) electrons. The molecule has 106 valence electrons. The van der Waals surface area contributed by atoms with Crippen LogP contribution in [0, 0.1) is 0 Å². The summed E-state index contributed by atoms with van der Waals surface area (Å²) >= 11 is 0. The van der Waals surface area contributed by atoms with Crippen molar-refractivity contribution in [1.29, 1.82) is 0 Å². The van der Waals surface area contributed by atoms with Crippen molar-refractivity contribution >= 4 is 11.9 Å². The normalized spacial score (nSPS) is 14.2. The van der Waals surface area contributed by atoms with E-state index in [0.29, 0.717) is 5.69 Å². The number of aliphatic hydroxyl groups is 1. The molecule has 0 spiro atoms. The van der Waals surface area contributed by atoms with Gasteiger partial charge in [-0.15, -0.1) is 0 Å². The second-order valence-corrected chi connectivity index (χ2v) is 5.14. The molecule has 3 N–H and O–H groups in total. The summed E-state index contributed by atoms with van der Waals surface area (Å²) in [4.78, 5) is 22.5. The van der Waals surface area contributed by atoms with E-state index in [1.165, 1.54) is 6.92 Å². The molecule has 0 aliphatic heterocycles. The lowest BCUT2D eigenvalue weighted by Crippen LogP contribution is -2.42. The number of rotatable bonds is 6. The highest BCUT2D eigenvalue weighted by atomic mass is 16.4. The van der Waals surface area contributed by atoms with E-state index in [1.54, 1.807) is 22.9 Å². The lowest BCUT2D eigenvalue weighted by atomic mass is 10.0. The van der Waals surface area contributed by atoms with Gasteiger partial charge in [-0.1, -0.05) is 0 Å². The van der Waals surface area contributed by atoms with Crippen LogP contribution in [0.5, 0.6) is 0 Å². The predicted octanol–water partition coefficient (Wildman–Crippen LogP) is 1.02. The van der Waals surface area contributed by atoms with Crippen molar-refractivity contribution in [2.24, 2.45) is 0 Å². The van der Waals surface area contributed by atoms with Crippen LogP contribution in [0.2, 0.25) is 0 Å². The van der Waals surface area contributed by atoms with Crippen molar-refractivity contribution < 1.29 is 19.8 Å². The van der Waals surface area contributed by atoms with Gasteiger partial charge in [0, 0.05) is 18.8 Å². The Morgan fingerprint density at radius 2 is 2.11 bits per heavy atom. The smallest absolute Gasteiger partial charge is 0.306 e. The molecule has 1 aromatic heterocycles. The van der Waals surface area contributed by atoms with Gasteiger partial charge in [0.05, 0.1) is 12.0 Å². The molecule has 0 saturated carbocycles. The number of aromatic nitrogens is 1. The third-order valence-corrected chi connectivity index (χ3v) is 2.73. The van der Waals surface area contributed by atoms with Crippen LogP contribution in [0.4, 0.5) is 0 Å². The molecule has 0 aliphatic rings. The summed E-state index contributed by atoms with van der Waals surface area (Å²) in [5, 5.41) is 21.0. The first-order chi connectivity index (χ1) is 8.73. The fourth-order valence-electron chi connectivity index (χ4n) is 1.79. The van der Waals surface area contributed by atoms with E-state index in [2.05, 4.69) is 5.32 Å². The Bertz CT molecular complexity index is 463. The van der Waals surface area contributed by atoms with Crippen LogP contribution in [0.1, 0.15) is 43.7 Å². The molecule has 0 aliphatic carbocycles. The third-order valence-electron chi connectivity index (χ3n) is 2.73. The Morgan fingerprint density at radius 1 is 1.47 bits per heavy atom. The summed E-state index contributed by atoms with van der Waals surface area (Å²) in [5.74, 6) is -1.44. The van der Waals surface area contributed by atoms with Crippen molar-refractivity contribution in [3.63, 3.8) is 0 Å². The average molecular weight is 268 g/mol. The fraction of sp³-hybridized carbons (Fsp3) is 0.538. The highest BCUT2D eigenvalue weighted by molar-refractivity contribution is 5.92. The van der Waals surface area contributed by atoms with Gasteiger partial charge >= 0.3 is 5.97 Å². The van der Waals surface area contributed by atoms with E-state index in [1.807, 2.05) is 13.8 Å². The number of carboxylic acids is 1. The Hall–Kier alpha value is -1.82. The number of hydrogen-bond acceptors (Lipinski definition) is 3. The maximum absolute atomic E-state index is 12.0. The first-order valence-corrected chi connectivity index (χ1v) is 6.12. The Balaban J connectivity index is 2.65. The van der Waals surface area contributed by atoms with E-state index in [-0.39, 0.29) is 18.5 Å². The van der Waals surface area contributed by atoms with Crippen LogP contribution in [-0.2, 0) is 4.79 Å². The van der Waals surface area contributed by atoms with Crippen LogP contribution < -0.4 is 5.32 Å². The quantitative estimate of drug-likeness (QED) is 0.718. The highest BCUT2D eigenvalue weighted by Crippen LogP contribution is 2.12. The van der Waals surface area contributed by atoms with Gasteiger partial charge < -0.3 is 20.1 Å². The maximum atomic E-state index is 12.0.